The van der Waals surface area contributed by atoms with Gasteiger partial charge >= 0.3 is 0 Å². The third kappa shape index (κ3) is 3.52. The molecule has 4 atom stereocenters. The van der Waals surface area contributed by atoms with Gasteiger partial charge in [0.2, 0.25) is 0 Å². The molecule has 3 nitrogen and oxygen atoms in total. The van der Waals surface area contributed by atoms with Crippen LogP contribution in [0.25, 0.3) is 0 Å². The average Bonchev–Trinajstić information content (AvgIpc) is 3.08. The molecule has 1 N–H and O–H groups in total. The van der Waals surface area contributed by atoms with Crippen molar-refractivity contribution in [2.45, 2.75) is 38.6 Å². The van der Waals surface area contributed by atoms with E-state index in [9.17, 15) is 4.79 Å². The SMILES string of the molecule is C[C@H](NC(=O)COc1cccc(Cl)c1)[C@H]1C[C@H]2CC[C@H]1C2. The molecule has 0 aliphatic heterocycles. The van der Waals surface area contributed by atoms with Crippen LogP contribution in [0.2, 0.25) is 5.02 Å². The number of halogens is 1. The van der Waals surface area contributed by atoms with Crippen LogP contribution in [0.4, 0.5) is 0 Å². The van der Waals surface area contributed by atoms with Gasteiger partial charge < -0.3 is 10.1 Å². The highest BCUT2D eigenvalue weighted by Gasteiger charge is 2.42. The summed E-state index contributed by atoms with van der Waals surface area (Å²) in [5, 5.41) is 3.71. The molecule has 3 rings (SSSR count). The van der Waals surface area contributed by atoms with Crippen molar-refractivity contribution in [3.8, 4) is 5.75 Å². The maximum absolute atomic E-state index is 12.0. The second kappa shape index (κ2) is 6.27. The van der Waals surface area contributed by atoms with E-state index >= 15 is 0 Å². The molecule has 0 saturated heterocycles. The zero-order valence-corrected chi connectivity index (χ0v) is 13.1. The molecule has 1 aromatic carbocycles. The number of ether oxygens (including phenoxy) is 1. The van der Waals surface area contributed by atoms with Crippen LogP contribution in [0.15, 0.2) is 24.3 Å². The summed E-state index contributed by atoms with van der Waals surface area (Å²) in [5.41, 5.74) is 0. The smallest absolute Gasteiger partial charge is 0.258 e. The molecule has 1 amide bonds. The van der Waals surface area contributed by atoms with E-state index < -0.39 is 0 Å². The lowest BCUT2D eigenvalue weighted by Crippen LogP contribution is -2.42. The first kappa shape index (κ1) is 14.7. The van der Waals surface area contributed by atoms with E-state index in [1.54, 1.807) is 18.2 Å². The maximum Gasteiger partial charge on any atom is 0.258 e. The van der Waals surface area contributed by atoms with Gasteiger partial charge in [-0.3, -0.25) is 4.79 Å². The van der Waals surface area contributed by atoms with E-state index in [1.807, 2.05) is 6.07 Å². The maximum atomic E-state index is 12.0. The number of fused-ring (bicyclic) bond motifs is 2. The van der Waals surface area contributed by atoms with Crippen LogP contribution in [0.3, 0.4) is 0 Å². The Morgan fingerprint density at radius 2 is 2.29 bits per heavy atom. The molecule has 4 heteroatoms. The monoisotopic (exact) mass is 307 g/mol. The Bertz CT molecular complexity index is 519. The van der Waals surface area contributed by atoms with Gasteiger partial charge in [-0.1, -0.05) is 24.1 Å². The summed E-state index contributed by atoms with van der Waals surface area (Å²) in [6, 6.07) is 7.36. The van der Waals surface area contributed by atoms with Gasteiger partial charge in [-0.15, -0.1) is 0 Å². The van der Waals surface area contributed by atoms with Crippen LogP contribution in [-0.4, -0.2) is 18.6 Å². The van der Waals surface area contributed by atoms with Crippen LogP contribution >= 0.6 is 11.6 Å². The lowest BCUT2D eigenvalue weighted by Gasteiger charge is -2.28. The van der Waals surface area contributed by atoms with Crippen molar-refractivity contribution in [1.82, 2.24) is 5.32 Å². The van der Waals surface area contributed by atoms with E-state index in [4.69, 9.17) is 16.3 Å². The van der Waals surface area contributed by atoms with Gasteiger partial charge in [-0.05, 0) is 62.1 Å². The minimum Gasteiger partial charge on any atom is -0.484 e. The molecule has 21 heavy (non-hydrogen) atoms. The molecule has 114 valence electrons. The highest BCUT2D eigenvalue weighted by Crippen LogP contribution is 2.49. The second-order valence-electron chi connectivity index (χ2n) is 6.44. The fourth-order valence-corrected chi connectivity index (χ4v) is 4.19. The Labute approximate surface area is 131 Å². The summed E-state index contributed by atoms with van der Waals surface area (Å²) >= 11 is 5.89. The molecule has 0 aromatic heterocycles. The number of nitrogens with one attached hydrogen (secondary N) is 1. The predicted molar refractivity (Wildman–Crippen MR) is 83.5 cm³/mol. The van der Waals surface area contributed by atoms with Gasteiger partial charge in [-0.2, -0.15) is 0 Å². The first-order chi connectivity index (χ1) is 10.1. The zero-order chi connectivity index (χ0) is 14.8. The van der Waals surface area contributed by atoms with E-state index in [0.717, 1.165) is 11.8 Å². The van der Waals surface area contributed by atoms with E-state index in [1.165, 1.54) is 25.7 Å². The first-order valence-corrected chi connectivity index (χ1v) is 8.17. The number of benzene rings is 1. The minimum atomic E-state index is -0.0507. The summed E-state index contributed by atoms with van der Waals surface area (Å²) in [6.07, 6.45) is 5.37. The lowest BCUT2D eigenvalue weighted by atomic mass is 9.84. The van der Waals surface area contributed by atoms with Crippen LogP contribution < -0.4 is 10.1 Å². The number of hydrogen-bond donors (Lipinski definition) is 1. The predicted octanol–water partition coefficient (Wildman–Crippen LogP) is 3.66. The Balaban J connectivity index is 1.46. The van der Waals surface area contributed by atoms with Gasteiger partial charge in [0.25, 0.3) is 5.91 Å². The standard InChI is InChI=1S/C17H22ClNO2/c1-11(16-8-12-5-6-13(16)7-12)19-17(20)10-21-15-4-2-3-14(18)9-15/h2-4,9,11-13,16H,5-8,10H2,1H3,(H,19,20)/t11-,12-,13-,16+/m0/s1. The van der Waals surface area contributed by atoms with Crippen molar-refractivity contribution in [2.24, 2.45) is 17.8 Å². The van der Waals surface area contributed by atoms with Crippen molar-refractivity contribution in [2.75, 3.05) is 6.61 Å². The van der Waals surface area contributed by atoms with E-state index in [-0.39, 0.29) is 18.6 Å². The average molecular weight is 308 g/mol. The van der Waals surface area contributed by atoms with Crippen LogP contribution in [0.5, 0.6) is 5.75 Å². The molecule has 2 bridgehead atoms. The molecule has 2 aliphatic rings. The van der Waals surface area contributed by atoms with E-state index in [2.05, 4.69) is 12.2 Å². The molecule has 2 fully saturated rings. The van der Waals surface area contributed by atoms with Crippen LogP contribution in [0, 0.1) is 17.8 Å². The highest BCUT2D eigenvalue weighted by atomic mass is 35.5. The van der Waals surface area contributed by atoms with Crippen LogP contribution in [0.1, 0.15) is 32.6 Å². The highest BCUT2D eigenvalue weighted by molar-refractivity contribution is 6.30. The number of carbonyl (C=O) groups is 1. The Kier molecular flexibility index (Phi) is 4.39. The third-order valence-electron chi connectivity index (χ3n) is 4.99. The summed E-state index contributed by atoms with van der Waals surface area (Å²) in [5.74, 6) is 2.95. The van der Waals surface area contributed by atoms with Gasteiger partial charge in [0.1, 0.15) is 5.75 Å². The molecule has 0 unspecified atom stereocenters. The summed E-state index contributed by atoms with van der Waals surface area (Å²) < 4.78 is 5.48. The third-order valence-corrected chi connectivity index (χ3v) is 5.22. The summed E-state index contributed by atoms with van der Waals surface area (Å²) in [4.78, 5) is 12.0. The van der Waals surface area contributed by atoms with E-state index in [0.29, 0.717) is 16.7 Å². The molecular weight excluding hydrogens is 286 g/mol. The van der Waals surface area contributed by atoms with Gasteiger partial charge in [0.15, 0.2) is 6.61 Å². The van der Waals surface area contributed by atoms with Crippen LogP contribution in [-0.2, 0) is 4.79 Å². The van der Waals surface area contributed by atoms with Crippen molar-refractivity contribution in [3.05, 3.63) is 29.3 Å². The molecular formula is C17H22ClNO2. The largest absolute Gasteiger partial charge is 0.484 e. The fraction of sp³-hybridized carbons (Fsp3) is 0.588. The summed E-state index contributed by atoms with van der Waals surface area (Å²) in [6.45, 7) is 2.17. The van der Waals surface area contributed by atoms with Crippen molar-refractivity contribution >= 4 is 17.5 Å². The quantitative estimate of drug-likeness (QED) is 0.901. The Morgan fingerprint density at radius 1 is 1.43 bits per heavy atom. The Morgan fingerprint density at radius 3 is 2.95 bits per heavy atom. The number of carbonyl (C=O) groups excluding carboxylic acids is 1. The summed E-state index contributed by atoms with van der Waals surface area (Å²) in [7, 11) is 0. The van der Waals surface area contributed by atoms with Crippen molar-refractivity contribution in [1.29, 1.82) is 0 Å². The number of amides is 1. The molecule has 2 aliphatic carbocycles. The normalized spacial score (nSPS) is 28.4. The topological polar surface area (TPSA) is 38.3 Å². The van der Waals surface area contributed by atoms with Gasteiger partial charge in [-0.25, -0.2) is 0 Å². The molecule has 1 aromatic rings. The molecule has 0 radical (unpaired) electrons. The zero-order valence-electron chi connectivity index (χ0n) is 12.3. The second-order valence-corrected chi connectivity index (χ2v) is 6.88. The molecule has 2 saturated carbocycles. The van der Waals surface area contributed by atoms with Crippen molar-refractivity contribution in [3.63, 3.8) is 0 Å². The first-order valence-electron chi connectivity index (χ1n) is 7.79. The number of hydrogen-bond acceptors (Lipinski definition) is 2. The molecule has 0 heterocycles. The lowest BCUT2D eigenvalue weighted by molar-refractivity contribution is -0.124. The Hall–Kier alpha value is -1.22. The van der Waals surface area contributed by atoms with Gasteiger partial charge in [0, 0.05) is 11.1 Å². The fourth-order valence-electron chi connectivity index (χ4n) is 4.01. The van der Waals surface area contributed by atoms with Gasteiger partial charge in [0.05, 0.1) is 0 Å². The van der Waals surface area contributed by atoms with Crippen molar-refractivity contribution < 1.29 is 9.53 Å². The molecule has 0 spiro atoms. The minimum absolute atomic E-state index is 0.0471. The number of rotatable bonds is 5.